The number of aromatic nitrogens is 9. The Hall–Kier alpha value is -10.1. The monoisotopic (exact) mass is 1880 g/mol. The van der Waals surface area contributed by atoms with Crippen LogP contribution in [0.2, 0.25) is 15.1 Å². The molecule has 0 spiro atoms. The molecule has 6 aromatic heterocycles. The molecule has 6 heterocycles. The molecule has 6 aromatic carbocycles. The Morgan fingerprint density at radius 1 is 0.360 bits per heavy atom. The van der Waals surface area contributed by atoms with E-state index in [0.29, 0.717) is 48.8 Å². The summed E-state index contributed by atoms with van der Waals surface area (Å²) in [5, 5.41) is 51.1. The summed E-state index contributed by atoms with van der Waals surface area (Å²) in [7, 11) is -15.5. The van der Waals surface area contributed by atoms with Crippen LogP contribution < -0.4 is 28.6 Å². The molecule has 0 N–H and O–H groups in total. The van der Waals surface area contributed by atoms with Gasteiger partial charge in [-0.05, 0) is 127 Å². The maximum atomic E-state index is 19.0. The number of phosphoric ester groups is 1. The standard InChI is InChI=1S/C87H93Cl3N15O13PS6/c1-79(2,3)85(80(4,5)6,103-40-43-120-76(103)97-123(107,108)61-25-31-70(55(46-61)52-91)113-73-28-22-58(88)49-64(73)67-34-37-94-100(67)19)116-119(106,117-86(81(7,8)9,82(10,11)12)104-41-44-121-77(104)98-124(109,110)62-26-32-71(56(47-62)53-92)114-74-29-23-59(89)50-65(74)68-35-38-95-101(68)20)118-87(83(13,14)15,84(16,17)18)105-42-45-122-78(105)99-125(111,112)63-27-33-72(57(48-63)54-93)115-75-30-24-60(90)51-66(75)69-36-39-96-102(69)21/h22-51H,1-21H3/b97-76-,98-77-,99-78-. The summed E-state index contributed by atoms with van der Waals surface area (Å²) in [5.74, 6) is 0.826. The molecule has 0 aliphatic carbocycles. The Balaban J connectivity index is 1.06. The van der Waals surface area contributed by atoms with Crippen LogP contribution in [-0.2, 0) is 86.5 Å². The number of rotatable bonds is 24. The largest absolute Gasteiger partial charge is 0.481 e. The van der Waals surface area contributed by atoms with Gasteiger partial charge in [0.05, 0.1) is 48.5 Å². The van der Waals surface area contributed by atoms with Crippen molar-refractivity contribution in [3.63, 3.8) is 0 Å². The summed E-state index contributed by atoms with van der Waals surface area (Å²) < 4.78 is 177. The molecular formula is C87H93Cl3N15O13PS6. The van der Waals surface area contributed by atoms with E-state index in [1.165, 1.54) is 68.7 Å². The third-order valence-electron chi connectivity index (χ3n) is 21.1. The molecule has 0 saturated carbocycles. The first kappa shape index (κ1) is 94.1. The van der Waals surface area contributed by atoms with Crippen LogP contribution in [-0.4, -0.2) is 68.3 Å². The maximum absolute atomic E-state index is 19.0. The number of thiazole rings is 3. The van der Waals surface area contributed by atoms with Crippen molar-refractivity contribution >= 4 is 107 Å². The van der Waals surface area contributed by atoms with E-state index >= 15 is 29.8 Å². The number of ether oxygens (including phenoxy) is 3. The molecule has 0 saturated heterocycles. The Morgan fingerprint density at radius 2 is 0.592 bits per heavy atom. The second-order valence-corrected chi connectivity index (χ2v) is 45.8. The number of sulfonamides is 3. The van der Waals surface area contributed by atoms with Crippen molar-refractivity contribution in [3.8, 4) is 86.5 Å². The molecule has 0 atom stereocenters. The summed E-state index contributed by atoms with van der Waals surface area (Å²) in [6.45, 7) is 32.0. The quantitative estimate of drug-likeness (QED) is 0.0507. The SMILES string of the molecule is Cn1nccc1-c1cc(Cl)ccc1Oc1ccc(S(=O)(=O)/N=c2\sccn2C(OP(=O)(OC(n2ccs/c2=N\S(=O)(=O)c2ccc(Oc3ccc(Cl)cc3-c3ccnn3C)c(C#N)c2)(C(C)(C)C)C(C)(C)C)OC(n2ccs/c2=N\S(=O)(=O)c2ccc(Oc3ccc(Cl)cc3-c3ccnn3C)c(C#N)c2)(C(C)(C)C)C(C)(C)C)(C(C)(C)C)C(C)(C)C)cc1C#N. The number of nitrogens with zero attached hydrogens (tertiary/aromatic N) is 15. The number of phosphoric acid groups is 1. The lowest BCUT2D eigenvalue weighted by atomic mass is 9.68. The van der Waals surface area contributed by atoms with Gasteiger partial charge in [0, 0.05) is 139 Å². The van der Waals surface area contributed by atoms with Crippen LogP contribution in [0.4, 0.5) is 0 Å². The van der Waals surface area contributed by atoms with Crippen molar-refractivity contribution in [2.45, 2.75) is 156 Å². The van der Waals surface area contributed by atoms with Crippen LogP contribution in [0.5, 0.6) is 34.5 Å². The lowest BCUT2D eigenvalue weighted by molar-refractivity contribution is -0.262. The number of hydrogen-bond donors (Lipinski definition) is 0. The van der Waals surface area contributed by atoms with E-state index in [2.05, 4.69) is 46.7 Å². The molecule has 28 nitrogen and oxygen atoms in total. The summed E-state index contributed by atoms with van der Waals surface area (Å²) in [6, 6.07) is 37.3. The second kappa shape index (κ2) is 34.3. The van der Waals surface area contributed by atoms with Crippen molar-refractivity contribution in [1.29, 1.82) is 15.8 Å². The number of benzene rings is 6. The van der Waals surface area contributed by atoms with E-state index < -0.39 is 102 Å². The average Bonchev–Trinajstić information content (AvgIpc) is 1.68. The highest BCUT2D eigenvalue weighted by Gasteiger charge is 2.68. The van der Waals surface area contributed by atoms with Gasteiger partial charge >= 0.3 is 7.82 Å². The molecule has 38 heteroatoms. The van der Waals surface area contributed by atoms with Crippen LogP contribution in [0, 0.1) is 66.5 Å². The zero-order chi connectivity index (χ0) is 91.8. The smallest absolute Gasteiger partial charge is 0.455 e. The Bertz CT molecular complexity index is 6290. The van der Waals surface area contributed by atoms with Crippen LogP contribution >= 0.6 is 76.6 Å². The van der Waals surface area contributed by atoms with Crippen LogP contribution in [0.1, 0.15) is 141 Å². The molecule has 125 heavy (non-hydrogen) atoms. The number of aryl methyl sites for hydroxylation is 3. The number of nitriles is 3. The van der Waals surface area contributed by atoms with Crippen LogP contribution in [0.15, 0.2) is 209 Å². The molecule has 0 fully saturated rings. The van der Waals surface area contributed by atoms with E-state index in [-0.39, 0.29) is 65.6 Å². The van der Waals surface area contributed by atoms with Gasteiger partial charge in [0.25, 0.3) is 30.1 Å². The van der Waals surface area contributed by atoms with Gasteiger partial charge in [-0.2, -0.15) is 56.3 Å². The fraction of sp³-hybridized carbons (Fsp3) is 0.345. The fourth-order valence-electron chi connectivity index (χ4n) is 16.4. The van der Waals surface area contributed by atoms with Crippen molar-refractivity contribution in [1.82, 2.24) is 43.0 Å². The summed E-state index contributed by atoms with van der Waals surface area (Å²) >= 11 is 22.1. The average molecular weight is 1890 g/mol. The third kappa shape index (κ3) is 18.1. The first-order valence-corrected chi connectivity index (χ1v) is 48.3. The van der Waals surface area contributed by atoms with Gasteiger partial charge in [0.1, 0.15) is 52.7 Å². The Kier molecular flexibility index (Phi) is 25.8. The third-order valence-corrected chi connectivity index (χ3v) is 29.7. The molecule has 12 rings (SSSR count). The maximum Gasteiger partial charge on any atom is 0.481 e. The van der Waals surface area contributed by atoms with Crippen molar-refractivity contribution in [3.05, 3.63) is 227 Å². The lowest BCUT2D eigenvalue weighted by Crippen LogP contribution is -2.63. The van der Waals surface area contributed by atoms with Gasteiger partial charge in [-0.3, -0.25) is 41.3 Å². The molecule has 0 unspecified atom stereocenters. The van der Waals surface area contributed by atoms with Crippen LogP contribution in [0.25, 0.3) is 33.8 Å². The van der Waals surface area contributed by atoms with Gasteiger partial charge < -0.3 is 14.2 Å². The molecule has 0 aliphatic rings. The second-order valence-electron chi connectivity index (χ2n) is 35.6. The Labute approximate surface area is 753 Å². The van der Waals surface area contributed by atoms with E-state index in [1.54, 1.807) is 267 Å². The highest BCUT2D eigenvalue weighted by molar-refractivity contribution is 7.90. The van der Waals surface area contributed by atoms with Crippen molar-refractivity contribution < 1.29 is 57.6 Å². The van der Waals surface area contributed by atoms with Gasteiger partial charge in [-0.15, -0.1) is 47.2 Å². The van der Waals surface area contributed by atoms with E-state index in [4.69, 9.17) is 62.6 Å². The number of hydrogen-bond acceptors (Lipinski definition) is 22. The van der Waals surface area contributed by atoms with Crippen LogP contribution in [0.3, 0.4) is 0 Å². The predicted octanol–water partition coefficient (Wildman–Crippen LogP) is 21.1. The number of halogens is 3. The minimum atomic E-state index is -5.99. The van der Waals surface area contributed by atoms with Gasteiger partial charge in [-0.25, -0.2) is 4.57 Å². The minimum Gasteiger partial charge on any atom is -0.455 e. The fourth-order valence-corrected chi connectivity index (χ4v) is 25.9. The summed E-state index contributed by atoms with van der Waals surface area (Å²) in [5.41, 5.74) is -12.3. The predicted molar refractivity (Wildman–Crippen MR) is 481 cm³/mol. The molecule has 0 bridgehead atoms. The zero-order valence-corrected chi connectivity index (χ0v) is 80.4. The minimum absolute atomic E-state index is 0.00313. The van der Waals surface area contributed by atoms with E-state index in [0.717, 1.165) is 52.2 Å². The molecule has 12 aromatic rings. The lowest BCUT2D eigenvalue weighted by Gasteiger charge is -2.59. The van der Waals surface area contributed by atoms with Crippen molar-refractivity contribution in [2.75, 3.05) is 0 Å². The summed E-state index contributed by atoms with van der Waals surface area (Å²) in [6.07, 6.45) is 9.37. The van der Waals surface area contributed by atoms with Crippen molar-refractivity contribution in [2.24, 2.45) is 66.8 Å². The molecule has 0 amide bonds. The highest BCUT2D eigenvalue weighted by atomic mass is 35.5. The Morgan fingerprint density at radius 3 is 0.800 bits per heavy atom. The van der Waals surface area contributed by atoms with Gasteiger partial charge in [0.2, 0.25) is 14.4 Å². The van der Waals surface area contributed by atoms with E-state index in [1.807, 2.05) is 0 Å². The topological polar surface area (TPSA) is 352 Å². The molecular weight excluding hydrogens is 1790 g/mol. The zero-order valence-electron chi connectivity index (χ0n) is 72.4. The molecule has 0 radical (unpaired) electrons. The highest BCUT2D eigenvalue weighted by Crippen LogP contribution is 2.72. The first-order chi connectivity index (χ1) is 58.1. The molecule has 656 valence electrons. The van der Waals surface area contributed by atoms with Gasteiger partial charge in [-0.1, -0.05) is 159 Å². The van der Waals surface area contributed by atoms with Gasteiger partial charge in [0.15, 0.2) is 17.2 Å². The first-order valence-electron chi connectivity index (χ1n) is 38.8. The summed E-state index contributed by atoms with van der Waals surface area (Å²) in [4.78, 5) is -1.99. The van der Waals surface area contributed by atoms with E-state index in [9.17, 15) is 15.8 Å². The normalized spacial score (nSPS) is 13.7. The molecule has 0 aliphatic heterocycles.